The highest BCUT2D eigenvalue weighted by atomic mass is 32.1. The van der Waals surface area contributed by atoms with Crippen LogP contribution in [0, 0.1) is 0 Å². The summed E-state index contributed by atoms with van der Waals surface area (Å²) in [5.74, 6) is 0. The Morgan fingerprint density at radius 1 is 0.571 bits per heavy atom. The minimum Gasteiger partial charge on any atom is -0.307 e. The second-order valence-corrected chi connectivity index (χ2v) is 9.93. The normalized spacial score (nSPS) is 12.0. The van der Waals surface area contributed by atoms with Crippen LogP contribution >= 0.6 is 11.3 Å². The molecule has 0 amide bonds. The molecule has 3 nitrogen and oxygen atoms in total. The van der Waals surface area contributed by atoms with Gasteiger partial charge in [0.25, 0.3) is 0 Å². The van der Waals surface area contributed by atoms with Crippen LogP contribution in [-0.2, 0) is 0 Å². The first-order valence-corrected chi connectivity index (χ1v) is 12.6. The summed E-state index contributed by atoms with van der Waals surface area (Å²) in [4.78, 5) is 4.91. The summed E-state index contributed by atoms with van der Waals surface area (Å²) < 4.78 is 7.23. The second-order valence-electron chi connectivity index (χ2n) is 8.88. The Morgan fingerprint density at radius 2 is 1.34 bits per heavy atom. The Balaban J connectivity index is 1.50. The fourth-order valence-electron chi connectivity index (χ4n) is 5.49. The molecule has 0 bridgehead atoms. The zero-order valence-corrected chi connectivity index (χ0v) is 19.5. The number of imidazole rings is 1. The van der Waals surface area contributed by atoms with E-state index in [1.165, 1.54) is 42.0 Å². The van der Waals surface area contributed by atoms with Crippen molar-refractivity contribution < 1.29 is 0 Å². The zero-order valence-electron chi connectivity index (χ0n) is 18.7. The standard InChI is InChI=1S/C31H19N3S/c1-2-9-20(10-3-1)33-19-32-30-26(33)14-8-15-27(30)34-24-13-6-4-12-23(24)29-25(34)18-17-22-21-11-5-7-16-28(21)35-31(22)29/h1-19H. The lowest BCUT2D eigenvalue weighted by Crippen LogP contribution is -1.96. The molecule has 5 aromatic carbocycles. The van der Waals surface area contributed by atoms with Crippen molar-refractivity contribution in [3.8, 4) is 11.4 Å². The first-order valence-electron chi connectivity index (χ1n) is 11.7. The number of para-hydroxylation sites is 3. The predicted octanol–water partition coefficient (Wildman–Crippen LogP) is 8.49. The van der Waals surface area contributed by atoms with Gasteiger partial charge in [-0.1, -0.05) is 66.7 Å². The molecule has 4 heteroatoms. The van der Waals surface area contributed by atoms with E-state index in [2.05, 4.69) is 112 Å². The third-order valence-electron chi connectivity index (χ3n) is 7.01. The van der Waals surface area contributed by atoms with Gasteiger partial charge in [-0.15, -0.1) is 11.3 Å². The van der Waals surface area contributed by atoms with E-state index in [0.717, 1.165) is 22.4 Å². The van der Waals surface area contributed by atoms with Gasteiger partial charge >= 0.3 is 0 Å². The van der Waals surface area contributed by atoms with E-state index >= 15 is 0 Å². The van der Waals surface area contributed by atoms with Crippen LogP contribution in [0.5, 0.6) is 0 Å². The third kappa shape index (κ3) is 2.57. The maximum Gasteiger partial charge on any atom is 0.113 e. The Hall–Kier alpha value is -4.41. The number of benzene rings is 5. The first kappa shape index (κ1) is 19.0. The highest BCUT2D eigenvalue weighted by Crippen LogP contribution is 2.43. The minimum absolute atomic E-state index is 0.996. The average Bonchev–Trinajstić information content (AvgIpc) is 3.60. The molecule has 0 aliphatic rings. The van der Waals surface area contributed by atoms with E-state index in [1.54, 1.807) is 0 Å². The van der Waals surface area contributed by atoms with E-state index in [0.29, 0.717) is 0 Å². The van der Waals surface area contributed by atoms with Crippen molar-refractivity contribution >= 4 is 64.3 Å². The van der Waals surface area contributed by atoms with Crippen LogP contribution in [0.3, 0.4) is 0 Å². The van der Waals surface area contributed by atoms with Crippen molar-refractivity contribution in [2.45, 2.75) is 0 Å². The van der Waals surface area contributed by atoms with Gasteiger partial charge in [0.1, 0.15) is 11.8 Å². The predicted molar refractivity (Wildman–Crippen MR) is 148 cm³/mol. The van der Waals surface area contributed by atoms with Crippen molar-refractivity contribution in [1.82, 2.24) is 14.1 Å². The van der Waals surface area contributed by atoms with Crippen LogP contribution in [0.15, 0.2) is 116 Å². The molecule has 0 spiro atoms. The summed E-state index contributed by atoms with van der Waals surface area (Å²) >= 11 is 1.89. The highest BCUT2D eigenvalue weighted by Gasteiger charge is 2.19. The monoisotopic (exact) mass is 465 g/mol. The van der Waals surface area contributed by atoms with E-state index < -0.39 is 0 Å². The molecule has 0 unspecified atom stereocenters. The largest absolute Gasteiger partial charge is 0.307 e. The second kappa shape index (κ2) is 7.05. The number of aromatic nitrogens is 3. The summed E-state index contributed by atoms with van der Waals surface area (Å²) in [6, 6.07) is 38.9. The van der Waals surface area contributed by atoms with Crippen LogP contribution < -0.4 is 0 Å². The summed E-state index contributed by atoms with van der Waals surface area (Å²) in [6.45, 7) is 0. The molecule has 0 saturated carbocycles. The summed E-state index contributed by atoms with van der Waals surface area (Å²) in [7, 11) is 0. The van der Waals surface area contributed by atoms with Gasteiger partial charge in [-0.3, -0.25) is 4.57 Å². The average molecular weight is 466 g/mol. The maximum absolute atomic E-state index is 4.91. The van der Waals surface area contributed by atoms with E-state index in [1.807, 2.05) is 23.7 Å². The number of thiophene rings is 1. The van der Waals surface area contributed by atoms with Crippen LogP contribution in [0.1, 0.15) is 0 Å². The third-order valence-corrected chi connectivity index (χ3v) is 8.21. The van der Waals surface area contributed by atoms with Crippen molar-refractivity contribution in [2.24, 2.45) is 0 Å². The lowest BCUT2D eigenvalue weighted by Gasteiger charge is -2.10. The molecule has 0 radical (unpaired) electrons. The molecular formula is C31H19N3S. The Labute approximate surface area is 205 Å². The molecule has 8 aromatic rings. The molecule has 3 aromatic heterocycles. The number of fused-ring (bicyclic) bond motifs is 8. The van der Waals surface area contributed by atoms with Crippen LogP contribution in [0.2, 0.25) is 0 Å². The Bertz CT molecular complexity index is 2060. The van der Waals surface area contributed by atoms with Gasteiger partial charge in [0, 0.05) is 36.6 Å². The SMILES string of the molecule is c1ccc(-n2cnc3c(-n4c5ccccc5c5c6sc7ccccc7c6ccc54)cccc32)cc1. The quantitative estimate of drug-likeness (QED) is 0.251. The lowest BCUT2D eigenvalue weighted by molar-refractivity contribution is 1.09. The molecular weight excluding hydrogens is 446 g/mol. The number of nitrogens with zero attached hydrogens (tertiary/aromatic N) is 3. The molecule has 0 atom stereocenters. The first-order chi connectivity index (χ1) is 17.4. The summed E-state index contributed by atoms with van der Waals surface area (Å²) in [5, 5.41) is 5.25. The topological polar surface area (TPSA) is 22.8 Å². The Kier molecular flexibility index (Phi) is 3.82. The number of hydrogen-bond donors (Lipinski definition) is 0. The number of rotatable bonds is 2. The van der Waals surface area contributed by atoms with Crippen molar-refractivity contribution in [3.63, 3.8) is 0 Å². The smallest absolute Gasteiger partial charge is 0.113 e. The maximum atomic E-state index is 4.91. The highest BCUT2D eigenvalue weighted by molar-refractivity contribution is 7.26. The Morgan fingerprint density at radius 3 is 2.26 bits per heavy atom. The fraction of sp³-hybridized carbons (Fsp3) is 0. The fourth-order valence-corrected chi connectivity index (χ4v) is 6.75. The molecule has 8 rings (SSSR count). The van der Waals surface area contributed by atoms with E-state index in [-0.39, 0.29) is 0 Å². The molecule has 0 saturated heterocycles. The van der Waals surface area contributed by atoms with E-state index in [9.17, 15) is 0 Å². The molecule has 0 aliphatic carbocycles. The molecule has 0 N–H and O–H groups in total. The van der Waals surface area contributed by atoms with Crippen LogP contribution in [-0.4, -0.2) is 14.1 Å². The summed E-state index contributed by atoms with van der Waals surface area (Å²) in [6.07, 6.45) is 1.93. The van der Waals surface area contributed by atoms with Gasteiger partial charge < -0.3 is 4.57 Å². The number of hydrogen-bond acceptors (Lipinski definition) is 2. The van der Waals surface area contributed by atoms with Crippen LogP contribution in [0.25, 0.3) is 64.4 Å². The summed E-state index contributed by atoms with van der Waals surface area (Å²) in [5.41, 5.74) is 6.73. The molecule has 164 valence electrons. The molecule has 0 fully saturated rings. The van der Waals surface area contributed by atoms with Gasteiger partial charge in [0.2, 0.25) is 0 Å². The van der Waals surface area contributed by atoms with Crippen LogP contribution in [0.4, 0.5) is 0 Å². The van der Waals surface area contributed by atoms with Gasteiger partial charge in [0.05, 0.1) is 22.2 Å². The van der Waals surface area contributed by atoms with Gasteiger partial charge in [-0.2, -0.15) is 0 Å². The van der Waals surface area contributed by atoms with Crippen molar-refractivity contribution in [3.05, 3.63) is 116 Å². The molecule has 35 heavy (non-hydrogen) atoms. The zero-order chi connectivity index (χ0) is 22.9. The van der Waals surface area contributed by atoms with Gasteiger partial charge in [0.15, 0.2) is 0 Å². The van der Waals surface area contributed by atoms with Gasteiger partial charge in [-0.25, -0.2) is 4.98 Å². The van der Waals surface area contributed by atoms with E-state index in [4.69, 9.17) is 4.98 Å². The van der Waals surface area contributed by atoms with Gasteiger partial charge in [-0.05, 0) is 42.5 Å². The lowest BCUT2D eigenvalue weighted by atomic mass is 10.1. The molecule has 3 heterocycles. The molecule has 0 aliphatic heterocycles. The van der Waals surface area contributed by atoms with Crippen molar-refractivity contribution in [2.75, 3.05) is 0 Å². The van der Waals surface area contributed by atoms with Crippen molar-refractivity contribution in [1.29, 1.82) is 0 Å². The minimum atomic E-state index is 0.996.